The largest absolute Gasteiger partial charge is 0.399 e. The number of anilines is 1. The number of pyridine rings is 1. The van der Waals surface area contributed by atoms with Crippen LogP contribution in [0.3, 0.4) is 0 Å². The maximum atomic E-state index is 5.88. The summed E-state index contributed by atoms with van der Waals surface area (Å²) in [4.78, 5) is 4.46. The highest BCUT2D eigenvalue weighted by Gasteiger charge is 2.10. The molecule has 0 spiro atoms. The zero-order valence-electron chi connectivity index (χ0n) is 10.7. The molecule has 2 heterocycles. The van der Waals surface area contributed by atoms with Crippen molar-refractivity contribution in [2.24, 2.45) is 0 Å². The molecule has 96 valence electrons. The van der Waals surface area contributed by atoms with Gasteiger partial charge in [0.1, 0.15) is 0 Å². The van der Waals surface area contributed by atoms with Crippen LogP contribution in [-0.4, -0.2) is 4.98 Å². The predicted molar refractivity (Wildman–Crippen MR) is 87.0 cm³/mol. The Morgan fingerprint density at radius 1 is 0.900 bits per heavy atom. The van der Waals surface area contributed by atoms with E-state index in [0.717, 1.165) is 16.9 Å². The van der Waals surface area contributed by atoms with E-state index in [1.54, 1.807) is 6.20 Å². The number of nitrogens with zero attached hydrogens (tertiary/aromatic N) is 1. The van der Waals surface area contributed by atoms with E-state index in [0.29, 0.717) is 0 Å². The molecule has 0 bridgehead atoms. The lowest BCUT2D eigenvalue weighted by Crippen LogP contribution is -1.88. The van der Waals surface area contributed by atoms with Crippen LogP contribution in [0.5, 0.6) is 0 Å². The highest BCUT2D eigenvalue weighted by Crippen LogP contribution is 2.39. The maximum absolute atomic E-state index is 5.88. The highest BCUT2D eigenvalue weighted by molar-refractivity contribution is 7.26. The van der Waals surface area contributed by atoms with E-state index < -0.39 is 0 Å². The molecule has 0 aliphatic rings. The van der Waals surface area contributed by atoms with Crippen molar-refractivity contribution in [1.29, 1.82) is 0 Å². The number of aromatic nitrogens is 1. The minimum atomic E-state index is 0.744. The number of hydrogen-bond acceptors (Lipinski definition) is 3. The number of hydrogen-bond donors (Lipinski definition) is 1. The fraction of sp³-hybridized carbons (Fsp3) is 0. The molecule has 2 N–H and O–H groups in total. The molecule has 0 unspecified atom stereocenters. The van der Waals surface area contributed by atoms with Crippen molar-refractivity contribution in [3.63, 3.8) is 0 Å². The second-order valence-electron chi connectivity index (χ2n) is 4.75. The number of nitrogens with two attached hydrogens (primary N) is 1. The Morgan fingerprint density at radius 2 is 1.75 bits per heavy atom. The Hall–Kier alpha value is -2.39. The molecule has 0 aliphatic carbocycles. The normalized spacial score (nSPS) is 11.2. The maximum Gasteiger partial charge on any atom is 0.0736 e. The first-order valence-electron chi connectivity index (χ1n) is 6.45. The summed E-state index contributed by atoms with van der Waals surface area (Å²) in [7, 11) is 0. The first-order valence-corrected chi connectivity index (χ1v) is 7.27. The van der Waals surface area contributed by atoms with Crippen LogP contribution < -0.4 is 5.73 Å². The van der Waals surface area contributed by atoms with Crippen LogP contribution in [0.4, 0.5) is 5.69 Å². The Kier molecular flexibility index (Phi) is 2.47. The molecule has 0 saturated heterocycles. The number of fused-ring (bicyclic) bond motifs is 3. The molecule has 0 atom stereocenters. The number of rotatable bonds is 1. The van der Waals surface area contributed by atoms with Crippen molar-refractivity contribution in [2.45, 2.75) is 0 Å². The molecule has 0 radical (unpaired) electrons. The van der Waals surface area contributed by atoms with Gasteiger partial charge in [0, 0.05) is 37.6 Å². The van der Waals surface area contributed by atoms with Crippen LogP contribution in [0.2, 0.25) is 0 Å². The second-order valence-corrected chi connectivity index (χ2v) is 5.81. The summed E-state index contributed by atoms with van der Waals surface area (Å²) >= 11 is 1.81. The lowest BCUT2D eigenvalue weighted by molar-refractivity contribution is 1.34. The summed E-state index contributed by atoms with van der Waals surface area (Å²) in [5, 5.41) is 2.59. The van der Waals surface area contributed by atoms with Gasteiger partial charge in [0.2, 0.25) is 0 Å². The quantitative estimate of drug-likeness (QED) is 0.547. The third-order valence-electron chi connectivity index (χ3n) is 3.46. The van der Waals surface area contributed by atoms with Gasteiger partial charge >= 0.3 is 0 Å². The van der Waals surface area contributed by atoms with Crippen molar-refractivity contribution < 1.29 is 0 Å². The molecule has 2 aromatic carbocycles. The van der Waals surface area contributed by atoms with Crippen molar-refractivity contribution >= 4 is 37.2 Å². The van der Waals surface area contributed by atoms with Crippen molar-refractivity contribution in [3.05, 3.63) is 60.8 Å². The Balaban J connectivity index is 2.10. The first-order chi connectivity index (χ1) is 9.83. The van der Waals surface area contributed by atoms with Gasteiger partial charge in [-0.1, -0.05) is 36.4 Å². The lowest BCUT2D eigenvalue weighted by Gasteiger charge is -2.03. The molecule has 2 nitrogen and oxygen atoms in total. The summed E-state index contributed by atoms with van der Waals surface area (Å²) in [6.07, 6.45) is 1.76. The van der Waals surface area contributed by atoms with Crippen LogP contribution in [0.15, 0.2) is 60.8 Å². The van der Waals surface area contributed by atoms with Crippen LogP contribution in [-0.2, 0) is 0 Å². The van der Waals surface area contributed by atoms with E-state index in [9.17, 15) is 0 Å². The minimum Gasteiger partial charge on any atom is -0.399 e. The molecule has 4 aromatic rings. The summed E-state index contributed by atoms with van der Waals surface area (Å²) in [6.45, 7) is 0. The third kappa shape index (κ3) is 1.67. The van der Waals surface area contributed by atoms with Crippen LogP contribution >= 0.6 is 11.3 Å². The molecule has 2 aromatic heterocycles. The van der Waals surface area contributed by atoms with E-state index >= 15 is 0 Å². The summed E-state index contributed by atoms with van der Waals surface area (Å²) in [5.74, 6) is 0. The van der Waals surface area contributed by atoms with Gasteiger partial charge in [0.05, 0.1) is 5.69 Å². The first kappa shape index (κ1) is 11.4. The molecule has 0 saturated carbocycles. The Morgan fingerprint density at radius 3 is 2.65 bits per heavy atom. The molecule has 0 aliphatic heterocycles. The monoisotopic (exact) mass is 276 g/mol. The minimum absolute atomic E-state index is 0.744. The fourth-order valence-corrected chi connectivity index (χ4v) is 3.77. The van der Waals surface area contributed by atoms with Gasteiger partial charge in [-0.05, 0) is 18.2 Å². The number of nitrogen functional groups attached to an aromatic ring is 1. The van der Waals surface area contributed by atoms with Gasteiger partial charge in [-0.15, -0.1) is 11.3 Å². The van der Waals surface area contributed by atoms with Crippen molar-refractivity contribution in [2.75, 3.05) is 5.73 Å². The highest BCUT2D eigenvalue weighted by atomic mass is 32.1. The molecule has 20 heavy (non-hydrogen) atoms. The van der Waals surface area contributed by atoms with Crippen LogP contribution in [0, 0.1) is 0 Å². The lowest BCUT2D eigenvalue weighted by atomic mass is 10.1. The van der Waals surface area contributed by atoms with Gasteiger partial charge in [0.25, 0.3) is 0 Å². The van der Waals surface area contributed by atoms with Gasteiger partial charge < -0.3 is 5.73 Å². The zero-order chi connectivity index (χ0) is 13.5. The van der Waals surface area contributed by atoms with E-state index in [-0.39, 0.29) is 0 Å². The standard InChI is InChI=1S/C17H12N2S/c18-11-8-9-19-15(10-11)14-6-3-5-13-12-4-1-2-7-16(12)20-17(13)14/h1-10H,(H2,18,19). The number of thiophene rings is 1. The van der Waals surface area contributed by atoms with Gasteiger partial charge in [-0.2, -0.15) is 0 Å². The van der Waals surface area contributed by atoms with Gasteiger partial charge in [-0.3, -0.25) is 4.98 Å². The van der Waals surface area contributed by atoms with E-state index in [1.807, 2.05) is 23.5 Å². The summed E-state index contributed by atoms with van der Waals surface area (Å²) in [6, 6.07) is 18.6. The molecule has 3 heteroatoms. The van der Waals surface area contributed by atoms with Crippen LogP contribution in [0.1, 0.15) is 0 Å². The average molecular weight is 276 g/mol. The van der Waals surface area contributed by atoms with E-state index in [2.05, 4.69) is 47.4 Å². The summed E-state index contributed by atoms with van der Waals surface area (Å²) in [5.41, 5.74) is 8.70. The van der Waals surface area contributed by atoms with Crippen LogP contribution in [0.25, 0.3) is 31.4 Å². The third-order valence-corrected chi connectivity index (χ3v) is 4.68. The summed E-state index contributed by atoms with van der Waals surface area (Å²) < 4.78 is 2.57. The second kappa shape index (κ2) is 4.32. The zero-order valence-corrected chi connectivity index (χ0v) is 11.5. The molecular weight excluding hydrogens is 264 g/mol. The molecular formula is C17H12N2S. The molecule has 0 fully saturated rings. The molecule has 0 amide bonds. The fourth-order valence-electron chi connectivity index (χ4n) is 2.54. The topological polar surface area (TPSA) is 38.9 Å². The van der Waals surface area contributed by atoms with Crippen molar-refractivity contribution in [3.8, 4) is 11.3 Å². The molecule has 4 rings (SSSR count). The Labute approximate surface area is 120 Å². The SMILES string of the molecule is Nc1ccnc(-c2cccc3c2sc2ccccc23)c1. The average Bonchev–Trinajstić information content (AvgIpc) is 2.86. The van der Waals surface area contributed by atoms with Gasteiger partial charge in [0.15, 0.2) is 0 Å². The smallest absolute Gasteiger partial charge is 0.0736 e. The van der Waals surface area contributed by atoms with Gasteiger partial charge in [-0.25, -0.2) is 0 Å². The van der Waals surface area contributed by atoms with Crippen molar-refractivity contribution in [1.82, 2.24) is 4.98 Å². The Bertz CT molecular complexity index is 924. The van der Waals surface area contributed by atoms with E-state index in [1.165, 1.54) is 20.2 Å². The van der Waals surface area contributed by atoms with E-state index in [4.69, 9.17) is 5.73 Å². The predicted octanol–water partition coefficient (Wildman–Crippen LogP) is 4.70. The number of benzene rings is 2.